The summed E-state index contributed by atoms with van der Waals surface area (Å²) in [5, 5.41) is 2.21. The summed E-state index contributed by atoms with van der Waals surface area (Å²) in [6.45, 7) is 4.67. The zero-order valence-electron chi connectivity index (χ0n) is 32.3. The van der Waals surface area contributed by atoms with Crippen LogP contribution in [-0.4, -0.2) is 9.97 Å². The maximum Gasteiger partial charge on any atom is 0.160 e. The summed E-state index contributed by atoms with van der Waals surface area (Å²) in [7, 11) is 0. The lowest BCUT2D eigenvalue weighted by atomic mass is 9.82. The number of para-hydroxylation sites is 1. The Kier molecular flexibility index (Phi) is 7.84. The van der Waals surface area contributed by atoms with Crippen LogP contribution in [0.1, 0.15) is 25.0 Å². The highest BCUT2D eigenvalue weighted by atomic mass is 16.3. The van der Waals surface area contributed by atoms with Gasteiger partial charge in [-0.15, -0.1) is 0 Å². The Morgan fingerprint density at radius 3 is 1.71 bits per heavy atom. The Bertz CT molecular complexity index is 3140. The number of fused-ring (bicyclic) bond motifs is 6. The van der Waals surface area contributed by atoms with E-state index in [0.717, 1.165) is 72.3 Å². The summed E-state index contributed by atoms with van der Waals surface area (Å²) in [5.41, 5.74) is 18.7. The van der Waals surface area contributed by atoms with Gasteiger partial charge in [0.15, 0.2) is 5.82 Å². The number of furan rings is 1. The van der Waals surface area contributed by atoms with Crippen LogP contribution >= 0.6 is 0 Å². The third kappa shape index (κ3) is 5.66. The molecule has 11 rings (SSSR count). The van der Waals surface area contributed by atoms with E-state index in [9.17, 15) is 0 Å². The topological polar surface area (TPSA) is 38.9 Å². The van der Waals surface area contributed by atoms with E-state index in [1.165, 1.54) is 33.4 Å². The summed E-state index contributed by atoms with van der Waals surface area (Å²) < 4.78 is 6.25. The van der Waals surface area contributed by atoms with Crippen molar-refractivity contribution in [1.82, 2.24) is 9.97 Å². The summed E-state index contributed by atoms with van der Waals surface area (Å²) in [5.74, 6) is 0.692. The van der Waals surface area contributed by atoms with Crippen LogP contribution in [0.3, 0.4) is 0 Å². The minimum atomic E-state index is -0.0522. The fraction of sp³-hybridized carbons (Fsp3) is 0.0545. The van der Waals surface area contributed by atoms with E-state index >= 15 is 0 Å². The molecule has 58 heavy (non-hydrogen) atoms. The predicted octanol–water partition coefficient (Wildman–Crippen LogP) is 14.7. The molecule has 0 radical (unpaired) electrons. The third-order valence-electron chi connectivity index (χ3n) is 11.9. The van der Waals surface area contributed by atoms with Gasteiger partial charge in [0.2, 0.25) is 0 Å². The predicted molar refractivity (Wildman–Crippen MR) is 239 cm³/mol. The second-order valence-corrected chi connectivity index (χ2v) is 15.8. The average molecular weight is 743 g/mol. The van der Waals surface area contributed by atoms with Crippen molar-refractivity contribution in [2.75, 3.05) is 0 Å². The van der Waals surface area contributed by atoms with Gasteiger partial charge in [0.25, 0.3) is 0 Å². The van der Waals surface area contributed by atoms with Gasteiger partial charge in [-0.3, -0.25) is 0 Å². The lowest BCUT2D eigenvalue weighted by Crippen LogP contribution is -2.14. The van der Waals surface area contributed by atoms with Crippen LogP contribution in [0.5, 0.6) is 0 Å². The molecule has 0 N–H and O–H groups in total. The molecule has 0 atom stereocenters. The van der Waals surface area contributed by atoms with Gasteiger partial charge in [0.05, 0.1) is 11.4 Å². The fourth-order valence-corrected chi connectivity index (χ4v) is 8.95. The number of hydrogen-bond donors (Lipinski definition) is 0. The van der Waals surface area contributed by atoms with Gasteiger partial charge < -0.3 is 4.42 Å². The van der Waals surface area contributed by atoms with Crippen LogP contribution in [0.15, 0.2) is 199 Å². The Morgan fingerprint density at radius 1 is 0.345 bits per heavy atom. The Hall–Kier alpha value is -7.36. The lowest BCUT2D eigenvalue weighted by molar-refractivity contribution is 0.660. The van der Waals surface area contributed by atoms with E-state index in [2.05, 4.69) is 172 Å². The number of nitrogens with zero attached hydrogens (tertiary/aromatic N) is 2. The molecule has 8 aromatic carbocycles. The Balaban J connectivity index is 1.13. The molecule has 0 bridgehead atoms. The second kappa shape index (κ2) is 13.4. The first-order valence-corrected chi connectivity index (χ1v) is 19.9. The molecule has 2 aromatic heterocycles. The molecular formula is C55H38N2O. The first-order valence-electron chi connectivity index (χ1n) is 19.9. The average Bonchev–Trinajstić information content (AvgIpc) is 3.77. The third-order valence-corrected chi connectivity index (χ3v) is 11.9. The van der Waals surface area contributed by atoms with E-state index < -0.39 is 0 Å². The van der Waals surface area contributed by atoms with Crippen molar-refractivity contribution in [2.24, 2.45) is 0 Å². The van der Waals surface area contributed by atoms with Crippen molar-refractivity contribution < 1.29 is 4.42 Å². The van der Waals surface area contributed by atoms with Crippen molar-refractivity contribution in [3.63, 3.8) is 0 Å². The maximum atomic E-state index is 6.25. The van der Waals surface area contributed by atoms with E-state index in [1.807, 2.05) is 36.4 Å². The highest BCUT2D eigenvalue weighted by Crippen LogP contribution is 2.50. The summed E-state index contributed by atoms with van der Waals surface area (Å²) in [6, 6.07) is 69.1. The van der Waals surface area contributed by atoms with E-state index in [-0.39, 0.29) is 5.41 Å². The number of hydrogen-bond acceptors (Lipinski definition) is 3. The lowest BCUT2D eigenvalue weighted by Gasteiger charge is -2.21. The van der Waals surface area contributed by atoms with Gasteiger partial charge >= 0.3 is 0 Å². The van der Waals surface area contributed by atoms with Crippen molar-refractivity contribution in [3.05, 3.63) is 205 Å². The molecule has 0 unspecified atom stereocenters. The van der Waals surface area contributed by atoms with Crippen LogP contribution in [0.25, 0.3) is 100 Å². The van der Waals surface area contributed by atoms with Gasteiger partial charge in [0, 0.05) is 32.9 Å². The highest BCUT2D eigenvalue weighted by molar-refractivity contribution is 6.06. The summed E-state index contributed by atoms with van der Waals surface area (Å²) in [4.78, 5) is 10.4. The minimum absolute atomic E-state index is 0.0522. The zero-order valence-corrected chi connectivity index (χ0v) is 32.3. The molecule has 1 aliphatic rings. The van der Waals surface area contributed by atoms with Gasteiger partial charge in [-0.05, 0) is 104 Å². The molecule has 0 spiro atoms. The number of aromatic nitrogens is 2. The number of rotatable bonds is 6. The highest BCUT2D eigenvalue weighted by Gasteiger charge is 2.35. The van der Waals surface area contributed by atoms with Crippen LogP contribution < -0.4 is 0 Å². The molecule has 10 aromatic rings. The SMILES string of the molecule is CC1(C)c2ccccc2-c2cc(-c3ccccc3-c3cc(-c4ccc5oc6ccccc6c5c4)cc(-c4cc(-c5ccccc5)nc(-c5ccccc5)n4)c3)ccc21. The first kappa shape index (κ1) is 33.9. The molecule has 0 saturated carbocycles. The van der Waals surface area contributed by atoms with Gasteiger partial charge in [-0.2, -0.15) is 0 Å². The van der Waals surface area contributed by atoms with Crippen LogP contribution in [-0.2, 0) is 5.41 Å². The van der Waals surface area contributed by atoms with Crippen molar-refractivity contribution >= 4 is 21.9 Å². The number of benzene rings is 8. The van der Waals surface area contributed by atoms with Crippen molar-refractivity contribution in [2.45, 2.75) is 19.3 Å². The van der Waals surface area contributed by atoms with Crippen molar-refractivity contribution in [1.29, 1.82) is 0 Å². The van der Waals surface area contributed by atoms with E-state index in [4.69, 9.17) is 14.4 Å². The summed E-state index contributed by atoms with van der Waals surface area (Å²) in [6.07, 6.45) is 0. The molecule has 3 heteroatoms. The molecule has 0 amide bonds. The molecule has 274 valence electrons. The van der Waals surface area contributed by atoms with Crippen LogP contribution in [0.2, 0.25) is 0 Å². The molecular weight excluding hydrogens is 705 g/mol. The molecule has 2 heterocycles. The van der Waals surface area contributed by atoms with E-state index in [0.29, 0.717) is 5.82 Å². The van der Waals surface area contributed by atoms with Crippen LogP contribution in [0, 0.1) is 0 Å². The normalized spacial score (nSPS) is 12.8. The smallest absolute Gasteiger partial charge is 0.160 e. The molecule has 0 aliphatic heterocycles. The Morgan fingerprint density at radius 2 is 0.914 bits per heavy atom. The summed E-state index contributed by atoms with van der Waals surface area (Å²) >= 11 is 0. The largest absolute Gasteiger partial charge is 0.456 e. The van der Waals surface area contributed by atoms with Crippen LogP contribution in [0.4, 0.5) is 0 Å². The monoisotopic (exact) mass is 742 g/mol. The van der Waals surface area contributed by atoms with Gasteiger partial charge in [-0.1, -0.05) is 159 Å². The van der Waals surface area contributed by atoms with Gasteiger partial charge in [0.1, 0.15) is 11.2 Å². The molecule has 3 nitrogen and oxygen atoms in total. The molecule has 0 fully saturated rings. The standard InChI is InChI=1S/C55H38N2O/c1-55(2)48-23-13-11-21-44(48)46-33-38(25-27-49(46)55)42-19-9-10-20-43(42)40-29-39(37-26-28-53-47(32-37)45-22-12-14-24-52(45)58-53)30-41(31-40)51-34-50(35-15-5-3-6-16-35)56-54(57-51)36-17-7-4-8-18-36/h3-34H,1-2H3. The maximum absolute atomic E-state index is 6.25. The van der Waals surface area contributed by atoms with Crippen molar-refractivity contribution in [3.8, 4) is 78.4 Å². The van der Waals surface area contributed by atoms with Gasteiger partial charge in [-0.25, -0.2) is 9.97 Å². The zero-order chi connectivity index (χ0) is 38.8. The van der Waals surface area contributed by atoms with E-state index in [1.54, 1.807) is 0 Å². The molecule has 0 saturated heterocycles. The quantitative estimate of drug-likeness (QED) is 0.170. The molecule has 1 aliphatic carbocycles. The fourth-order valence-electron chi connectivity index (χ4n) is 8.95. The first-order chi connectivity index (χ1) is 28.5. The second-order valence-electron chi connectivity index (χ2n) is 15.8. The Labute approximate surface area is 338 Å². The minimum Gasteiger partial charge on any atom is -0.456 e.